The Labute approximate surface area is 347 Å². The molecule has 0 aliphatic rings. The first-order valence-electron chi connectivity index (χ1n) is 21.8. The van der Waals surface area contributed by atoms with Crippen LogP contribution in [0.2, 0.25) is 0 Å². The Hall–Kier alpha value is -2.59. The summed E-state index contributed by atoms with van der Waals surface area (Å²) in [5.74, 6) is -0.987. The summed E-state index contributed by atoms with van der Waals surface area (Å²) in [6, 6.07) is 0. The molecule has 57 heavy (non-hydrogen) atoms. The Kier molecular flexibility index (Phi) is 36.0. The molecule has 3 unspecified atom stereocenters. The largest absolute Gasteiger partial charge is 0.756 e. The van der Waals surface area contributed by atoms with Gasteiger partial charge in [-0.3, -0.25) is 14.2 Å². The maximum atomic E-state index is 12.7. The lowest BCUT2D eigenvalue weighted by Crippen LogP contribution is -2.37. The van der Waals surface area contributed by atoms with E-state index in [-0.39, 0.29) is 26.1 Å². The molecule has 0 bridgehead atoms. The van der Waals surface area contributed by atoms with Gasteiger partial charge in [0.25, 0.3) is 7.82 Å². The van der Waals surface area contributed by atoms with Crippen LogP contribution in [-0.4, -0.2) is 81.2 Å². The first-order valence-corrected chi connectivity index (χ1v) is 23.2. The molecule has 0 saturated carbocycles. The molecule has 0 spiro atoms. The molecule has 0 fully saturated rings. The lowest BCUT2D eigenvalue weighted by Gasteiger charge is -2.28. The molecule has 0 aliphatic carbocycles. The number of carbonyl (C=O) groups is 2. The number of hydrogen-bond donors (Lipinski definition) is 1. The van der Waals surface area contributed by atoms with Crippen molar-refractivity contribution >= 4 is 19.8 Å². The second-order valence-corrected chi connectivity index (χ2v) is 16.9. The van der Waals surface area contributed by atoms with Crippen molar-refractivity contribution in [2.24, 2.45) is 0 Å². The van der Waals surface area contributed by atoms with Crippen molar-refractivity contribution in [3.63, 3.8) is 0 Å². The quantitative estimate of drug-likeness (QED) is 0.0161. The first-order chi connectivity index (χ1) is 27.4. The molecule has 3 atom stereocenters. The van der Waals surface area contributed by atoms with Gasteiger partial charge in [-0.2, -0.15) is 0 Å². The normalized spacial score (nSPS) is 14.9. The highest BCUT2D eigenvalue weighted by atomic mass is 31.2. The lowest BCUT2D eigenvalue weighted by atomic mass is 10.1. The standard InChI is InChI=1S/C46H80NO9P/c1-6-8-10-12-14-16-18-19-20-21-22-24-26-28-33-37-45(49)53-41-44(42-55-57(51,52)54-40-39-47(3,4)5)56-46(50)38-34-30-29-32-36-43(48)35-31-27-25-23-17-15-13-11-9-7-2/h9,11,15,17,19-20,25,27,29,31-32,35,43-44,48H,6-8,10,12-14,16,18,21-24,26,28,30,33-34,36-42H2,1-5H3/b11-9-,17-15-,20-19-,27-25-,32-29-,35-31+. The average Bonchev–Trinajstić information content (AvgIpc) is 3.15. The summed E-state index contributed by atoms with van der Waals surface area (Å²) in [5, 5.41) is 10.2. The summed E-state index contributed by atoms with van der Waals surface area (Å²) < 4.78 is 33.7. The van der Waals surface area contributed by atoms with E-state index < -0.39 is 38.6 Å². The van der Waals surface area contributed by atoms with Gasteiger partial charge in [-0.25, -0.2) is 0 Å². The number of quaternary nitrogens is 1. The van der Waals surface area contributed by atoms with Crippen molar-refractivity contribution in [2.75, 3.05) is 47.5 Å². The second-order valence-electron chi connectivity index (χ2n) is 15.5. The third kappa shape index (κ3) is 41.4. The maximum Gasteiger partial charge on any atom is 0.306 e. The molecule has 0 radical (unpaired) electrons. The summed E-state index contributed by atoms with van der Waals surface area (Å²) >= 11 is 0. The molecule has 0 heterocycles. The fourth-order valence-electron chi connectivity index (χ4n) is 5.36. The van der Waals surface area contributed by atoms with Crippen LogP contribution in [0.3, 0.4) is 0 Å². The van der Waals surface area contributed by atoms with E-state index in [1.54, 1.807) is 6.08 Å². The van der Waals surface area contributed by atoms with Crippen molar-refractivity contribution in [1.82, 2.24) is 0 Å². The molecule has 0 aromatic carbocycles. The number of phosphoric acid groups is 1. The zero-order valence-corrected chi connectivity index (χ0v) is 37.3. The van der Waals surface area contributed by atoms with Crippen LogP contribution in [0.15, 0.2) is 72.9 Å². The van der Waals surface area contributed by atoms with Crippen molar-refractivity contribution in [3.05, 3.63) is 72.9 Å². The fraction of sp³-hybridized carbons (Fsp3) is 0.696. The molecular formula is C46H80NO9P. The van der Waals surface area contributed by atoms with Gasteiger partial charge in [-0.1, -0.05) is 138 Å². The van der Waals surface area contributed by atoms with Crippen LogP contribution in [0, 0.1) is 0 Å². The molecule has 328 valence electrons. The van der Waals surface area contributed by atoms with E-state index >= 15 is 0 Å². The van der Waals surface area contributed by atoms with Crippen LogP contribution in [0.1, 0.15) is 149 Å². The third-order valence-corrected chi connectivity index (χ3v) is 9.75. The number of rotatable bonds is 38. The van der Waals surface area contributed by atoms with Crippen LogP contribution in [0.25, 0.3) is 0 Å². The fourth-order valence-corrected chi connectivity index (χ4v) is 6.08. The van der Waals surface area contributed by atoms with Crippen molar-refractivity contribution in [2.45, 2.75) is 161 Å². The Bertz CT molecular complexity index is 1220. The van der Waals surface area contributed by atoms with Crippen molar-refractivity contribution < 1.29 is 47.2 Å². The summed E-state index contributed by atoms with van der Waals surface area (Å²) in [7, 11) is 1.06. The van der Waals surface area contributed by atoms with Crippen LogP contribution >= 0.6 is 7.82 Å². The number of aliphatic hydroxyl groups is 1. The SMILES string of the molecule is CC/C=C\C/C=C\C/C=C\C=C\C(O)C/C=C\CCCC(=O)OC(COC(=O)CCCCCCC/C=C\CCCCCCCC)COP(=O)([O-])OCC[N+](C)(C)C. The van der Waals surface area contributed by atoms with Gasteiger partial charge in [0, 0.05) is 12.8 Å². The number of nitrogens with zero attached hydrogens (tertiary/aromatic N) is 1. The number of phosphoric ester groups is 1. The average molecular weight is 822 g/mol. The molecule has 0 aromatic heterocycles. The molecule has 0 aliphatic heterocycles. The monoisotopic (exact) mass is 822 g/mol. The summed E-state index contributed by atoms with van der Waals surface area (Å²) in [5.41, 5.74) is 0. The van der Waals surface area contributed by atoms with Gasteiger partial charge in [0.05, 0.1) is 33.9 Å². The van der Waals surface area contributed by atoms with Gasteiger partial charge in [0.2, 0.25) is 0 Å². The number of unbranched alkanes of at least 4 members (excludes halogenated alkanes) is 12. The molecule has 11 heteroatoms. The highest BCUT2D eigenvalue weighted by molar-refractivity contribution is 7.45. The molecular weight excluding hydrogens is 741 g/mol. The Balaban J connectivity index is 4.58. The van der Waals surface area contributed by atoms with Crippen LogP contribution < -0.4 is 4.89 Å². The third-order valence-electron chi connectivity index (χ3n) is 8.79. The van der Waals surface area contributed by atoms with Gasteiger partial charge in [0.15, 0.2) is 6.10 Å². The Morgan fingerprint density at radius 1 is 0.667 bits per heavy atom. The van der Waals surface area contributed by atoms with E-state index in [2.05, 4.69) is 50.3 Å². The molecule has 0 amide bonds. The second kappa shape index (κ2) is 37.7. The van der Waals surface area contributed by atoms with E-state index in [9.17, 15) is 24.2 Å². The molecule has 0 saturated heterocycles. The van der Waals surface area contributed by atoms with Gasteiger partial charge < -0.3 is 33.0 Å². The van der Waals surface area contributed by atoms with Crippen molar-refractivity contribution in [3.8, 4) is 0 Å². The van der Waals surface area contributed by atoms with Gasteiger partial charge >= 0.3 is 11.9 Å². The predicted molar refractivity (Wildman–Crippen MR) is 232 cm³/mol. The predicted octanol–water partition coefficient (Wildman–Crippen LogP) is 10.6. The van der Waals surface area contributed by atoms with E-state index in [4.69, 9.17) is 18.5 Å². The topological polar surface area (TPSA) is 131 Å². The minimum atomic E-state index is -4.67. The molecule has 0 aromatic rings. The summed E-state index contributed by atoms with van der Waals surface area (Å²) in [4.78, 5) is 37.5. The van der Waals surface area contributed by atoms with Crippen molar-refractivity contribution in [1.29, 1.82) is 0 Å². The summed E-state index contributed by atoms with van der Waals surface area (Å²) in [6.45, 7) is 3.90. The van der Waals surface area contributed by atoms with E-state index in [0.717, 1.165) is 51.4 Å². The molecule has 1 N–H and O–H groups in total. The number of ether oxygens (including phenoxy) is 2. The zero-order chi connectivity index (χ0) is 42.3. The highest BCUT2D eigenvalue weighted by Gasteiger charge is 2.21. The number of esters is 2. The Morgan fingerprint density at radius 2 is 1.25 bits per heavy atom. The smallest absolute Gasteiger partial charge is 0.306 e. The summed E-state index contributed by atoms with van der Waals surface area (Å²) in [6.07, 6.45) is 42.4. The molecule has 0 rings (SSSR count). The zero-order valence-electron chi connectivity index (χ0n) is 36.4. The first kappa shape index (κ1) is 54.4. The maximum absolute atomic E-state index is 12.7. The number of aliphatic hydroxyl groups excluding tert-OH is 1. The van der Waals surface area contributed by atoms with E-state index in [1.165, 1.54) is 44.9 Å². The minimum absolute atomic E-state index is 0.0625. The number of likely N-dealkylation sites (N-methyl/N-ethyl adjacent to an activating group) is 1. The number of allylic oxidation sites excluding steroid dienone is 10. The lowest BCUT2D eigenvalue weighted by molar-refractivity contribution is -0.870. The van der Waals surface area contributed by atoms with Gasteiger partial charge in [-0.05, 0) is 70.6 Å². The Morgan fingerprint density at radius 3 is 1.91 bits per heavy atom. The highest BCUT2D eigenvalue weighted by Crippen LogP contribution is 2.38. The van der Waals surface area contributed by atoms with Gasteiger partial charge in [-0.15, -0.1) is 0 Å². The van der Waals surface area contributed by atoms with E-state index in [1.807, 2.05) is 51.5 Å². The van der Waals surface area contributed by atoms with Gasteiger partial charge in [0.1, 0.15) is 19.8 Å². The van der Waals surface area contributed by atoms with E-state index in [0.29, 0.717) is 36.7 Å². The number of carbonyl (C=O) groups excluding carboxylic acids is 2. The minimum Gasteiger partial charge on any atom is -0.756 e. The molecule has 10 nitrogen and oxygen atoms in total. The van der Waals surface area contributed by atoms with Crippen LogP contribution in [0.5, 0.6) is 0 Å². The van der Waals surface area contributed by atoms with Crippen LogP contribution in [0.4, 0.5) is 0 Å². The number of hydrogen-bond acceptors (Lipinski definition) is 9. The van der Waals surface area contributed by atoms with Crippen LogP contribution in [-0.2, 0) is 32.7 Å².